The Morgan fingerprint density at radius 2 is 1.50 bits per heavy atom. The average molecular weight is 186 g/mol. The third-order valence-corrected chi connectivity index (χ3v) is 2.56. The maximum absolute atomic E-state index is 9.00. The number of aliphatic hydroxyl groups is 1. The van der Waals surface area contributed by atoms with Gasteiger partial charge in [-0.05, 0) is 34.4 Å². The van der Waals surface area contributed by atoms with Crippen LogP contribution in [0.3, 0.4) is 0 Å². The summed E-state index contributed by atoms with van der Waals surface area (Å²) in [6, 6.07) is 12.5. The van der Waals surface area contributed by atoms with Gasteiger partial charge in [-0.15, -0.1) is 0 Å². The van der Waals surface area contributed by atoms with Crippen molar-refractivity contribution in [3.05, 3.63) is 47.5 Å². The van der Waals surface area contributed by atoms with Crippen LogP contribution in [0.25, 0.3) is 10.8 Å². The Kier molecular flexibility index (Phi) is 2.51. The van der Waals surface area contributed by atoms with Gasteiger partial charge in [-0.3, -0.25) is 0 Å². The molecule has 1 N–H and O–H groups in total. The summed E-state index contributed by atoms with van der Waals surface area (Å²) in [6.45, 7) is 2.27. The van der Waals surface area contributed by atoms with Crippen molar-refractivity contribution in [2.75, 3.05) is 0 Å². The van der Waals surface area contributed by atoms with Crippen LogP contribution in [0.1, 0.15) is 18.1 Å². The van der Waals surface area contributed by atoms with E-state index in [9.17, 15) is 0 Å². The van der Waals surface area contributed by atoms with Crippen LogP contribution < -0.4 is 0 Å². The molecule has 2 aromatic carbocycles. The monoisotopic (exact) mass is 186 g/mol. The molecule has 0 spiro atoms. The molecule has 1 heteroatoms. The molecule has 0 bridgehead atoms. The molecule has 0 saturated carbocycles. The third kappa shape index (κ3) is 1.64. The van der Waals surface area contributed by atoms with Gasteiger partial charge < -0.3 is 5.11 Å². The fourth-order valence-electron chi connectivity index (χ4n) is 1.66. The second kappa shape index (κ2) is 3.81. The summed E-state index contributed by atoms with van der Waals surface area (Å²) >= 11 is 0. The molecule has 0 aliphatic carbocycles. The second-order valence-electron chi connectivity index (χ2n) is 3.53. The van der Waals surface area contributed by atoms with Gasteiger partial charge in [0.1, 0.15) is 0 Å². The van der Waals surface area contributed by atoms with E-state index in [1.807, 2.05) is 12.1 Å². The standard InChI is InChI=1S/C13H14O/c1-2-10-3-5-13-8-11(9-14)4-6-12(13)7-10/h3-8,14H,2,9H2,1H3. The lowest BCUT2D eigenvalue weighted by molar-refractivity contribution is 0.282. The van der Waals surface area contributed by atoms with Crippen molar-refractivity contribution in [2.24, 2.45) is 0 Å². The minimum Gasteiger partial charge on any atom is -0.392 e. The Bertz CT molecular complexity index is 403. The van der Waals surface area contributed by atoms with Gasteiger partial charge in [0.05, 0.1) is 6.61 Å². The lowest BCUT2D eigenvalue weighted by atomic mass is 10.0. The minimum absolute atomic E-state index is 0.117. The van der Waals surface area contributed by atoms with E-state index < -0.39 is 0 Å². The summed E-state index contributed by atoms with van der Waals surface area (Å²) in [5.41, 5.74) is 2.33. The molecule has 0 aliphatic rings. The Balaban J connectivity index is 2.57. The van der Waals surface area contributed by atoms with Gasteiger partial charge in [0.15, 0.2) is 0 Å². The zero-order chi connectivity index (χ0) is 9.97. The lowest BCUT2D eigenvalue weighted by Crippen LogP contribution is -1.84. The first-order chi connectivity index (χ1) is 6.83. The maximum atomic E-state index is 9.00. The van der Waals surface area contributed by atoms with Gasteiger partial charge in [0.2, 0.25) is 0 Å². The minimum atomic E-state index is 0.117. The molecular weight excluding hydrogens is 172 g/mol. The summed E-state index contributed by atoms with van der Waals surface area (Å²) < 4.78 is 0. The maximum Gasteiger partial charge on any atom is 0.0682 e. The van der Waals surface area contributed by atoms with E-state index in [0.717, 1.165) is 12.0 Å². The van der Waals surface area contributed by atoms with Gasteiger partial charge >= 0.3 is 0 Å². The highest BCUT2D eigenvalue weighted by atomic mass is 16.3. The van der Waals surface area contributed by atoms with Crippen LogP contribution >= 0.6 is 0 Å². The van der Waals surface area contributed by atoms with Crippen molar-refractivity contribution >= 4 is 10.8 Å². The number of benzene rings is 2. The quantitative estimate of drug-likeness (QED) is 0.764. The highest BCUT2D eigenvalue weighted by Gasteiger charge is 1.96. The van der Waals surface area contributed by atoms with Crippen molar-refractivity contribution in [1.82, 2.24) is 0 Å². The normalized spacial score (nSPS) is 10.7. The van der Waals surface area contributed by atoms with Crippen molar-refractivity contribution < 1.29 is 5.11 Å². The molecule has 0 amide bonds. The molecule has 0 aliphatic heterocycles. The first-order valence-electron chi connectivity index (χ1n) is 4.96. The van der Waals surface area contributed by atoms with Gasteiger partial charge in [-0.2, -0.15) is 0 Å². The summed E-state index contributed by atoms with van der Waals surface area (Å²) in [4.78, 5) is 0. The topological polar surface area (TPSA) is 20.2 Å². The molecule has 0 heterocycles. The van der Waals surface area contributed by atoms with E-state index in [2.05, 4.69) is 31.2 Å². The first-order valence-corrected chi connectivity index (χ1v) is 4.96. The van der Waals surface area contributed by atoms with E-state index in [0.29, 0.717) is 0 Å². The predicted molar refractivity (Wildman–Crippen MR) is 59.2 cm³/mol. The molecule has 0 saturated heterocycles. The molecular formula is C13H14O. The number of aryl methyl sites for hydroxylation is 1. The van der Waals surface area contributed by atoms with Gasteiger partial charge in [-0.1, -0.05) is 37.3 Å². The van der Waals surface area contributed by atoms with Crippen LogP contribution in [0, 0.1) is 0 Å². The van der Waals surface area contributed by atoms with Crippen molar-refractivity contribution in [3.8, 4) is 0 Å². The van der Waals surface area contributed by atoms with Crippen molar-refractivity contribution in [2.45, 2.75) is 20.0 Å². The Morgan fingerprint density at radius 1 is 0.929 bits per heavy atom. The Hall–Kier alpha value is -1.34. The average Bonchev–Trinajstić information content (AvgIpc) is 2.27. The van der Waals surface area contributed by atoms with Crippen LogP contribution in [0.5, 0.6) is 0 Å². The fourth-order valence-corrected chi connectivity index (χ4v) is 1.66. The van der Waals surface area contributed by atoms with Gasteiger partial charge in [-0.25, -0.2) is 0 Å². The van der Waals surface area contributed by atoms with E-state index >= 15 is 0 Å². The van der Waals surface area contributed by atoms with Gasteiger partial charge in [0.25, 0.3) is 0 Å². The number of aliphatic hydroxyl groups excluding tert-OH is 1. The van der Waals surface area contributed by atoms with Crippen LogP contribution in [-0.2, 0) is 13.0 Å². The zero-order valence-corrected chi connectivity index (χ0v) is 8.33. The molecule has 0 fully saturated rings. The van der Waals surface area contributed by atoms with Crippen LogP contribution in [0.4, 0.5) is 0 Å². The predicted octanol–water partition coefficient (Wildman–Crippen LogP) is 2.89. The SMILES string of the molecule is CCc1ccc2cc(CO)ccc2c1. The summed E-state index contributed by atoms with van der Waals surface area (Å²) in [5, 5.41) is 11.5. The van der Waals surface area contributed by atoms with Crippen molar-refractivity contribution in [1.29, 1.82) is 0 Å². The molecule has 0 aromatic heterocycles. The molecule has 14 heavy (non-hydrogen) atoms. The van der Waals surface area contributed by atoms with Crippen LogP contribution in [-0.4, -0.2) is 5.11 Å². The van der Waals surface area contributed by atoms with Crippen molar-refractivity contribution in [3.63, 3.8) is 0 Å². The first kappa shape index (κ1) is 9.22. The van der Waals surface area contributed by atoms with E-state index in [4.69, 9.17) is 5.11 Å². The Morgan fingerprint density at radius 3 is 2.07 bits per heavy atom. The van der Waals surface area contributed by atoms with E-state index in [-0.39, 0.29) is 6.61 Å². The number of rotatable bonds is 2. The molecule has 2 rings (SSSR count). The lowest BCUT2D eigenvalue weighted by Gasteiger charge is -2.03. The van der Waals surface area contributed by atoms with Crippen LogP contribution in [0.15, 0.2) is 36.4 Å². The van der Waals surface area contributed by atoms with Gasteiger partial charge in [0, 0.05) is 0 Å². The molecule has 0 unspecified atom stereocenters. The number of hydrogen-bond donors (Lipinski definition) is 1. The Labute approximate surface area is 84.0 Å². The van der Waals surface area contributed by atoms with Crippen LogP contribution in [0.2, 0.25) is 0 Å². The molecule has 2 aromatic rings. The molecule has 0 atom stereocenters. The highest BCUT2D eigenvalue weighted by Crippen LogP contribution is 2.18. The largest absolute Gasteiger partial charge is 0.392 e. The number of fused-ring (bicyclic) bond motifs is 1. The molecule has 72 valence electrons. The number of hydrogen-bond acceptors (Lipinski definition) is 1. The molecule has 0 radical (unpaired) electrons. The fraction of sp³-hybridized carbons (Fsp3) is 0.231. The van der Waals surface area contributed by atoms with E-state index in [1.165, 1.54) is 16.3 Å². The smallest absolute Gasteiger partial charge is 0.0682 e. The zero-order valence-electron chi connectivity index (χ0n) is 8.33. The van der Waals surface area contributed by atoms with E-state index in [1.54, 1.807) is 0 Å². The molecule has 1 nitrogen and oxygen atoms in total. The summed E-state index contributed by atoms with van der Waals surface area (Å²) in [6.07, 6.45) is 1.07. The summed E-state index contributed by atoms with van der Waals surface area (Å²) in [5.74, 6) is 0. The second-order valence-corrected chi connectivity index (χ2v) is 3.53. The highest BCUT2D eigenvalue weighted by molar-refractivity contribution is 5.83. The third-order valence-electron chi connectivity index (χ3n) is 2.56. The summed E-state index contributed by atoms with van der Waals surface area (Å²) in [7, 11) is 0.